The summed E-state index contributed by atoms with van der Waals surface area (Å²) in [5, 5.41) is 15.8. The molecule has 0 aliphatic rings. The first-order valence-corrected chi connectivity index (χ1v) is 9.37. The number of amides is 2. The Labute approximate surface area is 164 Å². The zero-order chi connectivity index (χ0) is 20.5. The fourth-order valence-electron chi connectivity index (χ4n) is 2.81. The van der Waals surface area contributed by atoms with Crippen LogP contribution in [0.15, 0.2) is 36.5 Å². The van der Waals surface area contributed by atoms with E-state index in [-0.39, 0.29) is 17.5 Å². The topological polar surface area (TPSA) is 105 Å². The lowest BCUT2D eigenvalue weighted by atomic mass is 10.2. The van der Waals surface area contributed by atoms with Crippen molar-refractivity contribution < 1.29 is 19.5 Å². The zero-order valence-corrected chi connectivity index (χ0v) is 16.2. The molecule has 2 aromatic rings. The summed E-state index contributed by atoms with van der Waals surface area (Å²) < 4.78 is 1.48. The second kappa shape index (κ2) is 10.2. The number of carboxylic acids is 1. The fraction of sp³-hybridized carbons (Fsp3) is 0.400. The lowest BCUT2D eigenvalue weighted by Crippen LogP contribution is -2.30. The molecule has 0 spiro atoms. The van der Waals surface area contributed by atoms with Gasteiger partial charge in [0, 0.05) is 38.7 Å². The van der Waals surface area contributed by atoms with Crippen molar-refractivity contribution in [2.45, 2.75) is 39.7 Å². The van der Waals surface area contributed by atoms with Crippen LogP contribution in [0.1, 0.15) is 49.2 Å². The Bertz CT molecular complexity index is 827. The van der Waals surface area contributed by atoms with Gasteiger partial charge in [0.2, 0.25) is 11.8 Å². The molecule has 0 aliphatic carbocycles. The molecule has 1 aromatic heterocycles. The minimum Gasteiger partial charge on any atom is -0.476 e. The monoisotopic (exact) mass is 386 g/mol. The van der Waals surface area contributed by atoms with Crippen molar-refractivity contribution in [1.29, 1.82) is 0 Å². The lowest BCUT2D eigenvalue weighted by Gasteiger charge is -2.18. The summed E-state index contributed by atoms with van der Waals surface area (Å²) in [6, 6.07) is 8.76. The van der Waals surface area contributed by atoms with E-state index in [9.17, 15) is 14.4 Å². The smallest absolute Gasteiger partial charge is 0.356 e. The summed E-state index contributed by atoms with van der Waals surface area (Å²) in [5.41, 5.74) is 1.56. The minimum absolute atomic E-state index is 0.0297. The summed E-state index contributed by atoms with van der Waals surface area (Å²) in [6.07, 6.45) is 2.77. The molecule has 1 aromatic carbocycles. The molecular weight excluding hydrogens is 360 g/mol. The highest BCUT2D eigenvalue weighted by molar-refractivity contribution is 5.85. The molecule has 28 heavy (non-hydrogen) atoms. The van der Waals surface area contributed by atoms with E-state index >= 15 is 0 Å². The third kappa shape index (κ3) is 5.94. The number of carbonyl (C=O) groups is 3. The normalized spacial score (nSPS) is 10.5. The van der Waals surface area contributed by atoms with E-state index in [1.165, 1.54) is 10.7 Å². The van der Waals surface area contributed by atoms with Crippen molar-refractivity contribution >= 4 is 17.8 Å². The molecular formula is C20H26N4O4. The molecule has 0 radical (unpaired) electrons. The van der Waals surface area contributed by atoms with E-state index in [1.807, 2.05) is 38.1 Å². The third-order valence-electron chi connectivity index (χ3n) is 4.38. The third-order valence-corrected chi connectivity index (χ3v) is 4.38. The molecule has 0 unspecified atom stereocenters. The first kappa shape index (κ1) is 21.1. The Balaban J connectivity index is 1.83. The molecule has 0 saturated carbocycles. The Morgan fingerprint density at radius 3 is 2.54 bits per heavy atom. The number of carbonyl (C=O) groups excluding carboxylic acids is 2. The maximum atomic E-state index is 12.0. The van der Waals surface area contributed by atoms with Gasteiger partial charge in [0.25, 0.3) is 0 Å². The molecule has 0 atom stereocenters. The molecule has 8 heteroatoms. The van der Waals surface area contributed by atoms with Gasteiger partial charge in [-0.25, -0.2) is 9.48 Å². The summed E-state index contributed by atoms with van der Waals surface area (Å²) >= 11 is 0. The van der Waals surface area contributed by atoms with Crippen LogP contribution in [0.2, 0.25) is 0 Å². The SMILES string of the molecule is CCN(CC)C(=O)CCCC(=O)NCc1cccc(-n2ccc(C(=O)O)n2)c1. The predicted molar refractivity (Wildman–Crippen MR) is 104 cm³/mol. The Hall–Kier alpha value is -3.16. The van der Waals surface area contributed by atoms with Crippen molar-refractivity contribution in [1.82, 2.24) is 20.0 Å². The van der Waals surface area contributed by atoms with Crippen LogP contribution in [0, 0.1) is 0 Å². The van der Waals surface area contributed by atoms with E-state index < -0.39 is 5.97 Å². The Kier molecular flexibility index (Phi) is 7.74. The molecule has 0 aliphatic heterocycles. The van der Waals surface area contributed by atoms with Crippen molar-refractivity contribution in [3.8, 4) is 5.69 Å². The molecule has 8 nitrogen and oxygen atoms in total. The van der Waals surface area contributed by atoms with Crippen molar-refractivity contribution in [2.75, 3.05) is 13.1 Å². The van der Waals surface area contributed by atoms with E-state index in [0.29, 0.717) is 44.6 Å². The molecule has 1 heterocycles. The minimum atomic E-state index is -1.08. The highest BCUT2D eigenvalue weighted by Gasteiger charge is 2.11. The molecule has 2 amide bonds. The fourth-order valence-corrected chi connectivity index (χ4v) is 2.81. The number of aromatic carboxylic acids is 1. The molecule has 0 fully saturated rings. The highest BCUT2D eigenvalue weighted by atomic mass is 16.4. The summed E-state index contributed by atoms with van der Waals surface area (Å²) in [7, 11) is 0. The molecule has 2 rings (SSSR count). The molecule has 0 bridgehead atoms. The summed E-state index contributed by atoms with van der Waals surface area (Å²) in [5.74, 6) is -1.11. The van der Waals surface area contributed by atoms with Gasteiger partial charge in [0.1, 0.15) is 0 Å². The predicted octanol–water partition coefficient (Wildman–Crippen LogP) is 2.23. The van der Waals surface area contributed by atoms with Crippen molar-refractivity contribution in [2.24, 2.45) is 0 Å². The van der Waals surface area contributed by atoms with Crippen LogP contribution < -0.4 is 5.32 Å². The van der Waals surface area contributed by atoms with Gasteiger partial charge < -0.3 is 15.3 Å². The van der Waals surface area contributed by atoms with Crippen LogP contribution in [0.5, 0.6) is 0 Å². The van der Waals surface area contributed by atoms with E-state index in [0.717, 1.165) is 5.56 Å². The van der Waals surface area contributed by atoms with Crippen LogP contribution in [0.3, 0.4) is 0 Å². The van der Waals surface area contributed by atoms with Crippen molar-refractivity contribution in [3.63, 3.8) is 0 Å². The molecule has 0 saturated heterocycles. The summed E-state index contributed by atoms with van der Waals surface area (Å²) in [4.78, 5) is 36.7. The van der Waals surface area contributed by atoms with Gasteiger partial charge in [-0.1, -0.05) is 12.1 Å². The van der Waals surface area contributed by atoms with Gasteiger partial charge in [-0.05, 0) is 44.0 Å². The van der Waals surface area contributed by atoms with Gasteiger partial charge in [-0.15, -0.1) is 0 Å². The largest absolute Gasteiger partial charge is 0.476 e. The van der Waals surface area contributed by atoms with Crippen LogP contribution in [-0.2, 0) is 16.1 Å². The standard InChI is InChI=1S/C20H26N4O4/c1-3-23(4-2)19(26)10-6-9-18(25)21-14-15-7-5-8-16(13-15)24-12-11-17(22-24)20(27)28/h5,7-8,11-13H,3-4,6,9-10,14H2,1-2H3,(H,21,25)(H,27,28). The van der Waals surface area contributed by atoms with Gasteiger partial charge in [-0.3, -0.25) is 9.59 Å². The first-order valence-electron chi connectivity index (χ1n) is 9.37. The van der Waals surface area contributed by atoms with E-state index in [2.05, 4.69) is 10.4 Å². The zero-order valence-electron chi connectivity index (χ0n) is 16.2. The van der Waals surface area contributed by atoms with Crippen LogP contribution in [0.4, 0.5) is 0 Å². The number of nitrogens with one attached hydrogen (secondary N) is 1. The number of rotatable bonds is 10. The number of hydrogen-bond acceptors (Lipinski definition) is 4. The van der Waals surface area contributed by atoms with E-state index in [1.54, 1.807) is 11.1 Å². The van der Waals surface area contributed by atoms with E-state index in [4.69, 9.17) is 5.11 Å². The number of hydrogen-bond donors (Lipinski definition) is 2. The van der Waals surface area contributed by atoms with Gasteiger partial charge >= 0.3 is 5.97 Å². The van der Waals surface area contributed by atoms with Crippen molar-refractivity contribution in [3.05, 3.63) is 47.8 Å². The first-order chi connectivity index (χ1) is 13.4. The van der Waals surface area contributed by atoms with Crippen LogP contribution in [0.25, 0.3) is 5.69 Å². The van der Waals surface area contributed by atoms with Crippen LogP contribution >= 0.6 is 0 Å². The Morgan fingerprint density at radius 2 is 1.89 bits per heavy atom. The maximum absolute atomic E-state index is 12.0. The molecule has 150 valence electrons. The second-order valence-electron chi connectivity index (χ2n) is 6.32. The van der Waals surface area contributed by atoms with Crippen LogP contribution in [-0.4, -0.2) is 50.7 Å². The Morgan fingerprint density at radius 1 is 1.14 bits per heavy atom. The van der Waals surface area contributed by atoms with Gasteiger partial charge in [0.05, 0.1) is 5.69 Å². The average molecular weight is 386 g/mol. The van der Waals surface area contributed by atoms with Gasteiger partial charge in [-0.2, -0.15) is 5.10 Å². The molecule has 2 N–H and O–H groups in total. The number of aromatic nitrogens is 2. The summed E-state index contributed by atoms with van der Waals surface area (Å²) in [6.45, 7) is 5.59. The average Bonchev–Trinajstić information content (AvgIpc) is 3.18. The quantitative estimate of drug-likeness (QED) is 0.651. The second-order valence-corrected chi connectivity index (χ2v) is 6.32. The number of carboxylic acid groups (broad SMARTS) is 1. The van der Waals surface area contributed by atoms with Gasteiger partial charge in [0.15, 0.2) is 5.69 Å². The lowest BCUT2D eigenvalue weighted by molar-refractivity contribution is -0.131. The number of benzene rings is 1. The number of nitrogens with zero attached hydrogens (tertiary/aromatic N) is 3. The maximum Gasteiger partial charge on any atom is 0.356 e. The highest BCUT2D eigenvalue weighted by Crippen LogP contribution is 2.11.